The van der Waals surface area contributed by atoms with Gasteiger partial charge in [0.2, 0.25) is 0 Å². The quantitative estimate of drug-likeness (QED) is 0.741. The molecule has 0 heterocycles. The second-order valence-corrected chi connectivity index (χ2v) is 5.58. The lowest BCUT2D eigenvalue weighted by Gasteiger charge is -2.08. The number of halogens is 3. The third-order valence-electron chi connectivity index (χ3n) is 2.37. The number of hydrogen-bond acceptors (Lipinski definition) is 2. The molecule has 0 unspecified atom stereocenters. The van der Waals surface area contributed by atoms with Crippen LogP contribution in [0.1, 0.15) is 10.4 Å². The average molecular weight is 361 g/mol. The van der Waals surface area contributed by atoms with E-state index in [2.05, 4.69) is 33.9 Å². The maximum Gasteiger partial charge on any atom is 0.257 e. The highest BCUT2D eigenvalue weighted by molar-refractivity contribution is 9.10. The van der Waals surface area contributed by atoms with Gasteiger partial charge in [0.25, 0.3) is 5.91 Å². The highest BCUT2D eigenvalue weighted by atomic mass is 79.9. The van der Waals surface area contributed by atoms with Gasteiger partial charge < -0.3 is 5.32 Å². The molecule has 1 N–H and O–H groups in total. The molecule has 0 atom stereocenters. The molecule has 0 aliphatic heterocycles. The fourth-order valence-electron chi connectivity index (χ4n) is 1.47. The van der Waals surface area contributed by atoms with Crippen LogP contribution in [-0.2, 0) is 0 Å². The maximum absolute atomic E-state index is 13.6. The minimum atomic E-state index is -0.527. The molecule has 0 fully saturated rings. The van der Waals surface area contributed by atoms with Crippen LogP contribution in [0.5, 0.6) is 0 Å². The van der Waals surface area contributed by atoms with Gasteiger partial charge in [0, 0.05) is 9.37 Å². The van der Waals surface area contributed by atoms with E-state index in [1.165, 1.54) is 18.2 Å². The zero-order valence-electron chi connectivity index (χ0n) is 9.45. The highest BCUT2D eigenvalue weighted by Crippen LogP contribution is 2.23. The Morgan fingerprint density at radius 3 is 2.68 bits per heavy atom. The molecular weight excluding hydrogens is 353 g/mol. The molecule has 0 radical (unpaired) electrons. The Morgan fingerprint density at radius 1 is 1.26 bits per heavy atom. The molecule has 98 valence electrons. The topological polar surface area (TPSA) is 29.1 Å². The lowest BCUT2D eigenvalue weighted by molar-refractivity contribution is 0.102. The van der Waals surface area contributed by atoms with E-state index < -0.39 is 11.7 Å². The van der Waals surface area contributed by atoms with Gasteiger partial charge in [-0.2, -0.15) is 0 Å². The van der Waals surface area contributed by atoms with E-state index in [1.54, 1.807) is 18.2 Å². The zero-order valence-corrected chi connectivity index (χ0v) is 12.7. The highest BCUT2D eigenvalue weighted by Gasteiger charge is 2.13. The molecule has 0 saturated heterocycles. The fraction of sp³-hybridized carbons (Fsp3) is 0. The largest absolute Gasteiger partial charge is 0.319 e. The number of benzene rings is 2. The molecule has 0 aliphatic carbocycles. The number of nitrogens with one attached hydrogen (secondary N) is 1. The minimum Gasteiger partial charge on any atom is -0.319 e. The number of carbonyl (C=O) groups excluding carboxylic acids is 1. The van der Waals surface area contributed by atoms with Gasteiger partial charge in [-0.15, -0.1) is 12.6 Å². The van der Waals surface area contributed by atoms with E-state index in [9.17, 15) is 9.18 Å². The third-order valence-corrected chi connectivity index (χ3v) is 3.47. The summed E-state index contributed by atoms with van der Waals surface area (Å²) in [5, 5.41) is 2.75. The Hall–Kier alpha value is -1.04. The van der Waals surface area contributed by atoms with E-state index in [-0.39, 0.29) is 16.3 Å². The van der Waals surface area contributed by atoms with E-state index in [1.807, 2.05) is 0 Å². The molecule has 0 aliphatic rings. The summed E-state index contributed by atoms with van der Waals surface area (Å²) in [4.78, 5) is 12.6. The van der Waals surface area contributed by atoms with Crippen molar-refractivity contribution in [2.45, 2.75) is 4.90 Å². The lowest BCUT2D eigenvalue weighted by Crippen LogP contribution is -2.13. The molecule has 2 nitrogen and oxygen atoms in total. The molecule has 19 heavy (non-hydrogen) atoms. The Labute approximate surface area is 128 Å². The molecule has 2 rings (SSSR count). The van der Waals surface area contributed by atoms with Crippen LogP contribution in [0.15, 0.2) is 45.8 Å². The summed E-state index contributed by atoms with van der Waals surface area (Å²) in [6.45, 7) is 0. The van der Waals surface area contributed by atoms with Crippen molar-refractivity contribution in [1.29, 1.82) is 0 Å². The average Bonchev–Trinajstić information content (AvgIpc) is 2.35. The molecule has 6 heteroatoms. The first kappa shape index (κ1) is 14.4. The normalized spacial score (nSPS) is 10.3. The standard InChI is InChI=1S/C13H8BrClFNOS/c14-7-1-4-12(11(16)5-7)17-13(18)9-6-8(19)2-3-10(9)15/h1-6,19H,(H,17,18). The Bertz CT molecular complexity index is 651. The van der Waals surface area contributed by atoms with Crippen LogP contribution in [-0.4, -0.2) is 5.91 Å². The van der Waals surface area contributed by atoms with Gasteiger partial charge in [-0.3, -0.25) is 4.79 Å². The van der Waals surface area contributed by atoms with Crippen molar-refractivity contribution < 1.29 is 9.18 Å². The van der Waals surface area contributed by atoms with Crippen molar-refractivity contribution in [1.82, 2.24) is 0 Å². The summed E-state index contributed by atoms with van der Waals surface area (Å²) in [6.07, 6.45) is 0. The van der Waals surface area contributed by atoms with E-state index >= 15 is 0 Å². The van der Waals surface area contributed by atoms with Crippen molar-refractivity contribution in [2.24, 2.45) is 0 Å². The summed E-state index contributed by atoms with van der Waals surface area (Å²) in [6, 6.07) is 9.13. The van der Waals surface area contributed by atoms with Crippen molar-refractivity contribution in [2.75, 3.05) is 5.32 Å². The van der Waals surface area contributed by atoms with Crippen molar-refractivity contribution in [3.63, 3.8) is 0 Å². The van der Waals surface area contributed by atoms with Crippen LogP contribution in [0.3, 0.4) is 0 Å². The molecule has 0 aromatic heterocycles. The number of hydrogen-bond donors (Lipinski definition) is 2. The molecule has 0 bridgehead atoms. The van der Waals surface area contributed by atoms with Crippen molar-refractivity contribution in [3.8, 4) is 0 Å². The van der Waals surface area contributed by atoms with Crippen molar-refractivity contribution in [3.05, 3.63) is 57.3 Å². The van der Waals surface area contributed by atoms with Gasteiger partial charge >= 0.3 is 0 Å². The SMILES string of the molecule is O=C(Nc1ccc(Br)cc1F)c1cc(S)ccc1Cl. The van der Waals surface area contributed by atoms with Crippen LogP contribution in [0, 0.1) is 5.82 Å². The number of carbonyl (C=O) groups is 1. The first-order chi connectivity index (χ1) is 8.97. The second kappa shape index (κ2) is 5.94. The van der Waals surface area contributed by atoms with Crippen LogP contribution >= 0.6 is 40.2 Å². The first-order valence-corrected chi connectivity index (χ1v) is 6.84. The Kier molecular flexibility index (Phi) is 4.50. The number of amides is 1. The van der Waals surface area contributed by atoms with Gasteiger partial charge in [-0.05, 0) is 36.4 Å². The Balaban J connectivity index is 2.28. The zero-order chi connectivity index (χ0) is 14.0. The fourth-order valence-corrected chi connectivity index (χ4v) is 2.21. The van der Waals surface area contributed by atoms with Gasteiger partial charge in [0.1, 0.15) is 5.82 Å². The van der Waals surface area contributed by atoms with Gasteiger partial charge in [-0.1, -0.05) is 27.5 Å². The van der Waals surface area contributed by atoms with Crippen LogP contribution in [0.25, 0.3) is 0 Å². The van der Waals surface area contributed by atoms with E-state index in [0.29, 0.717) is 9.37 Å². The maximum atomic E-state index is 13.6. The molecule has 0 spiro atoms. The first-order valence-electron chi connectivity index (χ1n) is 5.22. The predicted molar refractivity (Wildman–Crippen MR) is 80.8 cm³/mol. The van der Waals surface area contributed by atoms with E-state index in [0.717, 1.165) is 0 Å². The van der Waals surface area contributed by atoms with Crippen molar-refractivity contribution >= 4 is 51.8 Å². The van der Waals surface area contributed by atoms with Crippen LogP contribution in [0.4, 0.5) is 10.1 Å². The number of anilines is 1. The monoisotopic (exact) mass is 359 g/mol. The number of thiol groups is 1. The summed E-state index contributed by atoms with van der Waals surface area (Å²) in [7, 11) is 0. The van der Waals surface area contributed by atoms with Gasteiger partial charge in [-0.25, -0.2) is 4.39 Å². The van der Waals surface area contributed by atoms with E-state index in [4.69, 9.17) is 11.6 Å². The Morgan fingerprint density at radius 2 is 2.00 bits per heavy atom. The lowest BCUT2D eigenvalue weighted by atomic mass is 10.2. The van der Waals surface area contributed by atoms with Gasteiger partial charge in [0.05, 0.1) is 16.3 Å². The second-order valence-electron chi connectivity index (χ2n) is 3.74. The molecular formula is C13H8BrClFNOS. The summed E-state index contributed by atoms with van der Waals surface area (Å²) in [5.74, 6) is -1.01. The smallest absolute Gasteiger partial charge is 0.257 e. The van der Waals surface area contributed by atoms with Crippen LogP contribution < -0.4 is 5.32 Å². The summed E-state index contributed by atoms with van der Waals surface area (Å²) >= 11 is 13.2. The predicted octanol–water partition coefficient (Wildman–Crippen LogP) is 4.78. The molecule has 2 aromatic carbocycles. The summed E-state index contributed by atoms with van der Waals surface area (Å²) < 4.78 is 14.2. The summed E-state index contributed by atoms with van der Waals surface area (Å²) in [5.41, 5.74) is 0.338. The minimum absolute atomic E-state index is 0.0915. The van der Waals surface area contributed by atoms with Crippen LogP contribution in [0.2, 0.25) is 5.02 Å². The molecule has 1 amide bonds. The molecule has 2 aromatic rings. The van der Waals surface area contributed by atoms with Gasteiger partial charge in [0.15, 0.2) is 0 Å². The molecule has 0 saturated carbocycles. The third kappa shape index (κ3) is 3.49. The number of rotatable bonds is 2.